The average molecular weight is 401 g/mol. The van der Waals surface area contributed by atoms with Gasteiger partial charge in [-0.3, -0.25) is 9.69 Å². The number of benzene rings is 2. The van der Waals surface area contributed by atoms with Crippen LogP contribution in [0.1, 0.15) is 43.7 Å². The summed E-state index contributed by atoms with van der Waals surface area (Å²) in [6.45, 7) is 5.80. The number of carbonyl (C=O) groups excluding carboxylic acids is 1. The molecule has 5 heteroatoms. The number of carbonyl (C=O) groups is 1. The molecule has 1 heterocycles. The van der Waals surface area contributed by atoms with Crippen LogP contribution in [0, 0.1) is 0 Å². The highest BCUT2D eigenvalue weighted by atomic mass is 35.5. The number of hydrogen-bond donors (Lipinski definition) is 1. The molecular formula is C23H29ClN2O2. The van der Waals surface area contributed by atoms with Gasteiger partial charge in [-0.25, -0.2) is 0 Å². The summed E-state index contributed by atoms with van der Waals surface area (Å²) < 4.78 is 5.82. The number of hydrogen-bond acceptors (Lipinski definition) is 3. The Bertz CT molecular complexity index is 757. The highest BCUT2D eigenvalue weighted by Gasteiger charge is 2.18. The topological polar surface area (TPSA) is 41.6 Å². The fourth-order valence-electron chi connectivity index (χ4n) is 3.52. The molecule has 0 radical (unpaired) electrons. The summed E-state index contributed by atoms with van der Waals surface area (Å²) in [5.74, 6) is 0.550. The third kappa shape index (κ3) is 6.25. The first-order valence-corrected chi connectivity index (χ1v) is 10.5. The van der Waals surface area contributed by atoms with Crippen molar-refractivity contribution < 1.29 is 9.53 Å². The van der Waals surface area contributed by atoms with Gasteiger partial charge in [-0.2, -0.15) is 0 Å². The highest BCUT2D eigenvalue weighted by molar-refractivity contribution is 6.30. The van der Waals surface area contributed by atoms with Crippen molar-refractivity contribution in [1.29, 1.82) is 0 Å². The van der Waals surface area contributed by atoms with Gasteiger partial charge in [-0.15, -0.1) is 0 Å². The van der Waals surface area contributed by atoms with Crippen LogP contribution < -0.4 is 10.1 Å². The maximum Gasteiger partial charge on any atom is 0.261 e. The van der Waals surface area contributed by atoms with Crippen molar-refractivity contribution in [2.24, 2.45) is 0 Å². The van der Waals surface area contributed by atoms with E-state index in [9.17, 15) is 4.79 Å². The van der Waals surface area contributed by atoms with Crippen LogP contribution in [0.25, 0.3) is 0 Å². The van der Waals surface area contributed by atoms with Gasteiger partial charge in [-0.05, 0) is 67.7 Å². The van der Waals surface area contributed by atoms with Crippen LogP contribution in [0.4, 0.5) is 0 Å². The smallest absolute Gasteiger partial charge is 0.261 e. The Morgan fingerprint density at radius 2 is 1.82 bits per heavy atom. The third-order valence-corrected chi connectivity index (χ3v) is 5.32. The van der Waals surface area contributed by atoms with Gasteiger partial charge in [0.05, 0.1) is 0 Å². The zero-order valence-electron chi connectivity index (χ0n) is 16.5. The third-order valence-electron chi connectivity index (χ3n) is 5.07. The molecule has 1 atom stereocenters. The fourth-order valence-corrected chi connectivity index (χ4v) is 3.64. The number of likely N-dealkylation sites (tertiary alicyclic amines) is 1. The molecule has 4 nitrogen and oxygen atoms in total. The molecule has 0 spiro atoms. The normalized spacial score (nSPS) is 15.8. The van der Waals surface area contributed by atoms with Crippen molar-refractivity contribution >= 4 is 17.5 Å². The number of nitrogens with one attached hydrogen (secondary N) is 1. The lowest BCUT2D eigenvalue weighted by atomic mass is 10.1. The van der Waals surface area contributed by atoms with Gasteiger partial charge in [0, 0.05) is 18.1 Å². The second-order valence-electron chi connectivity index (χ2n) is 7.34. The van der Waals surface area contributed by atoms with Gasteiger partial charge in [-0.1, -0.05) is 49.2 Å². The monoisotopic (exact) mass is 400 g/mol. The molecule has 2 aromatic rings. The maximum absolute atomic E-state index is 12.6. The molecule has 1 fully saturated rings. The zero-order valence-corrected chi connectivity index (χ0v) is 17.3. The second-order valence-corrected chi connectivity index (χ2v) is 7.78. The summed E-state index contributed by atoms with van der Waals surface area (Å²) in [7, 11) is 0. The SMILES string of the molecule is CC[C@H](Oc1ccc(Cl)cc1)C(=O)NCc1cccc(CN2CCCCC2)c1. The van der Waals surface area contributed by atoms with E-state index in [4.69, 9.17) is 16.3 Å². The van der Waals surface area contributed by atoms with Crippen LogP contribution in [0.15, 0.2) is 48.5 Å². The van der Waals surface area contributed by atoms with E-state index in [0.717, 1.165) is 12.1 Å². The first kappa shape index (κ1) is 20.7. The van der Waals surface area contributed by atoms with Crippen molar-refractivity contribution in [3.05, 3.63) is 64.7 Å². The minimum Gasteiger partial charge on any atom is -0.481 e. The van der Waals surface area contributed by atoms with E-state index >= 15 is 0 Å². The van der Waals surface area contributed by atoms with E-state index in [-0.39, 0.29) is 5.91 Å². The van der Waals surface area contributed by atoms with Crippen LogP contribution >= 0.6 is 11.6 Å². The van der Waals surface area contributed by atoms with Gasteiger partial charge in [0.1, 0.15) is 5.75 Å². The number of ether oxygens (including phenoxy) is 1. The van der Waals surface area contributed by atoms with E-state index < -0.39 is 6.10 Å². The van der Waals surface area contributed by atoms with Gasteiger partial charge in [0.25, 0.3) is 5.91 Å². The number of rotatable bonds is 8. The first-order chi connectivity index (χ1) is 13.6. The largest absolute Gasteiger partial charge is 0.481 e. The summed E-state index contributed by atoms with van der Waals surface area (Å²) in [5.41, 5.74) is 2.42. The van der Waals surface area contributed by atoms with Crippen molar-refractivity contribution in [2.75, 3.05) is 13.1 Å². The van der Waals surface area contributed by atoms with Gasteiger partial charge in [0.15, 0.2) is 6.10 Å². The van der Waals surface area contributed by atoms with Gasteiger partial charge < -0.3 is 10.1 Å². The van der Waals surface area contributed by atoms with Crippen molar-refractivity contribution in [1.82, 2.24) is 10.2 Å². The number of nitrogens with zero attached hydrogens (tertiary/aromatic N) is 1. The summed E-state index contributed by atoms with van der Waals surface area (Å²) >= 11 is 5.90. The van der Waals surface area contributed by atoms with Crippen LogP contribution in [-0.4, -0.2) is 30.0 Å². The van der Waals surface area contributed by atoms with Crippen LogP contribution in [0.5, 0.6) is 5.75 Å². The molecule has 1 amide bonds. The van der Waals surface area contributed by atoms with E-state index in [1.807, 2.05) is 6.92 Å². The fraction of sp³-hybridized carbons (Fsp3) is 0.435. The molecular weight excluding hydrogens is 372 g/mol. The summed E-state index contributed by atoms with van der Waals surface area (Å²) in [5, 5.41) is 3.66. The summed E-state index contributed by atoms with van der Waals surface area (Å²) in [6, 6.07) is 15.6. The minimum absolute atomic E-state index is 0.0983. The Kier molecular flexibility index (Phi) is 7.75. The average Bonchev–Trinajstić information content (AvgIpc) is 2.72. The first-order valence-electron chi connectivity index (χ1n) is 10.1. The Balaban J connectivity index is 1.52. The zero-order chi connectivity index (χ0) is 19.8. The molecule has 0 unspecified atom stereocenters. The number of amides is 1. The molecule has 2 aromatic carbocycles. The Morgan fingerprint density at radius 1 is 1.11 bits per heavy atom. The van der Waals surface area contributed by atoms with Crippen molar-refractivity contribution in [3.63, 3.8) is 0 Å². The molecule has 28 heavy (non-hydrogen) atoms. The predicted octanol–water partition coefficient (Wildman–Crippen LogP) is 4.80. The quantitative estimate of drug-likeness (QED) is 0.692. The standard InChI is InChI=1S/C23H29ClN2O2/c1-2-22(28-21-11-9-20(24)10-12-21)23(27)25-16-18-7-6-8-19(15-18)17-26-13-4-3-5-14-26/h6-12,15,22H,2-5,13-14,16-17H2,1H3,(H,25,27)/t22-/m0/s1. The lowest BCUT2D eigenvalue weighted by Crippen LogP contribution is -2.37. The summed E-state index contributed by atoms with van der Waals surface area (Å²) in [4.78, 5) is 15.1. The van der Waals surface area contributed by atoms with Gasteiger partial charge in [0.2, 0.25) is 0 Å². The van der Waals surface area contributed by atoms with E-state index in [1.165, 1.54) is 37.9 Å². The van der Waals surface area contributed by atoms with Crippen LogP contribution in [0.3, 0.4) is 0 Å². The minimum atomic E-state index is -0.516. The predicted molar refractivity (Wildman–Crippen MR) is 114 cm³/mol. The molecule has 1 N–H and O–H groups in total. The Labute approximate surface area is 172 Å². The molecule has 0 aliphatic carbocycles. The molecule has 0 bridgehead atoms. The molecule has 150 valence electrons. The Morgan fingerprint density at radius 3 is 2.54 bits per heavy atom. The van der Waals surface area contributed by atoms with Gasteiger partial charge >= 0.3 is 0 Å². The van der Waals surface area contributed by atoms with E-state index in [0.29, 0.717) is 23.7 Å². The lowest BCUT2D eigenvalue weighted by molar-refractivity contribution is -0.128. The molecule has 3 rings (SSSR count). The van der Waals surface area contributed by atoms with Crippen LogP contribution in [0.2, 0.25) is 5.02 Å². The molecule has 0 aromatic heterocycles. The number of piperidine rings is 1. The second kappa shape index (κ2) is 10.5. The molecule has 1 aliphatic heterocycles. The van der Waals surface area contributed by atoms with Crippen molar-refractivity contribution in [3.8, 4) is 5.75 Å². The maximum atomic E-state index is 12.6. The van der Waals surface area contributed by atoms with Crippen LogP contribution in [-0.2, 0) is 17.9 Å². The summed E-state index contributed by atoms with van der Waals surface area (Å²) in [6.07, 6.45) is 4.02. The molecule has 1 saturated heterocycles. The van der Waals surface area contributed by atoms with E-state index in [2.05, 4.69) is 34.5 Å². The molecule has 1 aliphatic rings. The number of halogens is 1. The Hall–Kier alpha value is -2.04. The van der Waals surface area contributed by atoms with E-state index in [1.54, 1.807) is 24.3 Å². The molecule has 0 saturated carbocycles. The highest BCUT2D eigenvalue weighted by Crippen LogP contribution is 2.18. The van der Waals surface area contributed by atoms with Crippen molar-refractivity contribution in [2.45, 2.75) is 51.8 Å². The lowest BCUT2D eigenvalue weighted by Gasteiger charge is -2.26.